The monoisotopic (exact) mass is 496 g/mol. The zero-order valence-corrected chi connectivity index (χ0v) is 20.7. The van der Waals surface area contributed by atoms with Crippen LogP contribution in [0, 0.1) is 5.82 Å². The van der Waals surface area contributed by atoms with Crippen molar-refractivity contribution in [1.29, 1.82) is 0 Å². The molecular formula is C27H29FN2O4S. The lowest BCUT2D eigenvalue weighted by atomic mass is 10.0. The highest BCUT2D eigenvalue weighted by atomic mass is 32.1. The molecule has 0 bridgehead atoms. The van der Waals surface area contributed by atoms with Crippen LogP contribution < -0.4 is 9.47 Å². The van der Waals surface area contributed by atoms with Gasteiger partial charge in [-0.25, -0.2) is 4.39 Å². The first-order chi connectivity index (χ1) is 17.0. The van der Waals surface area contributed by atoms with Crippen molar-refractivity contribution in [3.63, 3.8) is 0 Å². The van der Waals surface area contributed by atoms with E-state index in [1.807, 2.05) is 47.5 Å². The van der Waals surface area contributed by atoms with Crippen LogP contribution in [0.4, 0.5) is 4.39 Å². The number of halogens is 1. The molecule has 0 saturated heterocycles. The molecule has 2 aromatic carbocycles. The van der Waals surface area contributed by atoms with Crippen molar-refractivity contribution in [1.82, 2.24) is 9.80 Å². The molecule has 0 saturated carbocycles. The summed E-state index contributed by atoms with van der Waals surface area (Å²) in [5, 5.41) is 2.04. The summed E-state index contributed by atoms with van der Waals surface area (Å²) in [6, 6.07) is 14.6. The van der Waals surface area contributed by atoms with E-state index in [1.54, 1.807) is 23.3 Å². The average molecular weight is 497 g/mol. The fourth-order valence-electron chi connectivity index (χ4n) is 4.29. The van der Waals surface area contributed by atoms with Crippen LogP contribution >= 0.6 is 11.3 Å². The van der Waals surface area contributed by atoms with E-state index in [2.05, 4.69) is 0 Å². The average Bonchev–Trinajstić information content (AvgIpc) is 3.36. The maximum Gasteiger partial charge on any atom is 0.254 e. The second-order valence-corrected chi connectivity index (χ2v) is 9.38. The van der Waals surface area contributed by atoms with Gasteiger partial charge in [0.15, 0.2) is 0 Å². The molecule has 6 nitrogen and oxygen atoms in total. The van der Waals surface area contributed by atoms with Gasteiger partial charge in [-0.3, -0.25) is 9.59 Å². The third kappa shape index (κ3) is 5.82. The Balaban J connectivity index is 1.51. The number of carbonyl (C=O) groups is 2. The summed E-state index contributed by atoms with van der Waals surface area (Å²) in [6.45, 7) is 3.20. The molecule has 35 heavy (non-hydrogen) atoms. The fourth-order valence-corrected chi connectivity index (χ4v) is 5.22. The summed E-state index contributed by atoms with van der Waals surface area (Å²) in [7, 11) is 1.60. The molecule has 0 spiro atoms. The van der Waals surface area contributed by atoms with Gasteiger partial charge in [0.05, 0.1) is 13.2 Å². The minimum absolute atomic E-state index is 0.0425. The van der Waals surface area contributed by atoms with Gasteiger partial charge in [-0.2, -0.15) is 0 Å². The number of methoxy groups -OCH3 is 1. The second-order valence-electron chi connectivity index (χ2n) is 8.38. The van der Waals surface area contributed by atoms with Gasteiger partial charge in [0.25, 0.3) is 5.91 Å². The summed E-state index contributed by atoms with van der Waals surface area (Å²) < 4.78 is 24.7. The number of amides is 2. The highest BCUT2D eigenvalue weighted by Gasteiger charge is 2.33. The zero-order valence-electron chi connectivity index (χ0n) is 19.9. The van der Waals surface area contributed by atoms with Crippen molar-refractivity contribution in [2.75, 3.05) is 33.4 Å². The lowest BCUT2D eigenvalue weighted by Gasteiger charge is -2.37. The van der Waals surface area contributed by atoms with Crippen LogP contribution in [0.1, 0.15) is 40.2 Å². The maximum absolute atomic E-state index is 13.5. The highest BCUT2D eigenvalue weighted by Crippen LogP contribution is 2.34. The number of hydrogen-bond acceptors (Lipinski definition) is 5. The number of hydrogen-bond donors (Lipinski definition) is 0. The van der Waals surface area contributed by atoms with Crippen LogP contribution in [0.25, 0.3) is 0 Å². The van der Waals surface area contributed by atoms with Gasteiger partial charge < -0.3 is 19.3 Å². The van der Waals surface area contributed by atoms with Crippen molar-refractivity contribution in [3.05, 3.63) is 81.8 Å². The van der Waals surface area contributed by atoms with E-state index < -0.39 is 5.82 Å². The first kappa shape index (κ1) is 24.7. The van der Waals surface area contributed by atoms with Gasteiger partial charge in [0.1, 0.15) is 30.5 Å². The number of carbonyl (C=O) groups excluding carboxylic acids is 2. The van der Waals surface area contributed by atoms with Gasteiger partial charge >= 0.3 is 0 Å². The van der Waals surface area contributed by atoms with Crippen LogP contribution in [0.2, 0.25) is 0 Å². The lowest BCUT2D eigenvalue weighted by Crippen LogP contribution is -2.48. The molecule has 2 amide bonds. The van der Waals surface area contributed by atoms with E-state index in [1.165, 1.54) is 29.1 Å². The van der Waals surface area contributed by atoms with E-state index in [0.29, 0.717) is 43.2 Å². The quantitative estimate of drug-likeness (QED) is 0.421. The standard InChI is InChI=1S/C27H29FN2O4S/c1-3-13-29(27(32)19-7-9-20(28)10-8-19)17-26(31)30-14-11-25-23(12-15-35-25)24(30)18-34-22-6-4-5-21(16-22)33-2/h4-10,12,15-16,24H,3,11,13-14,17-18H2,1-2H3/t24-/m1/s1. The molecule has 1 aliphatic rings. The Morgan fingerprint density at radius 2 is 1.91 bits per heavy atom. The van der Waals surface area contributed by atoms with Crippen LogP contribution in [-0.4, -0.2) is 55.0 Å². The zero-order chi connectivity index (χ0) is 24.8. The number of thiophene rings is 1. The number of benzene rings is 2. The fraction of sp³-hybridized carbons (Fsp3) is 0.333. The van der Waals surface area contributed by atoms with Crippen LogP contribution in [0.15, 0.2) is 60.0 Å². The van der Waals surface area contributed by atoms with E-state index in [-0.39, 0.29) is 24.4 Å². The topological polar surface area (TPSA) is 59.1 Å². The van der Waals surface area contributed by atoms with Gasteiger partial charge in [0, 0.05) is 29.6 Å². The van der Waals surface area contributed by atoms with Crippen LogP contribution in [-0.2, 0) is 11.2 Å². The van der Waals surface area contributed by atoms with E-state index in [9.17, 15) is 14.0 Å². The Labute approximate surface area is 208 Å². The maximum atomic E-state index is 13.5. The summed E-state index contributed by atoms with van der Waals surface area (Å²) in [4.78, 5) is 31.2. The Hall–Kier alpha value is -3.39. The minimum Gasteiger partial charge on any atom is -0.497 e. The molecule has 1 atom stereocenters. The molecule has 2 heterocycles. The minimum atomic E-state index is -0.404. The molecule has 1 aromatic heterocycles. The summed E-state index contributed by atoms with van der Waals surface area (Å²) in [6.07, 6.45) is 1.48. The van der Waals surface area contributed by atoms with Crippen molar-refractivity contribution < 1.29 is 23.5 Å². The van der Waals surface area contributed by atoms with Crippen molar-refractivity contribution in [3.8, 4) is 11.5 Å². The molecule has 3 aromatic rings. The van der Waals surface area contributed by atoms with Crippen LogP contribution in [0.3, 0.4) is 0 Å². The molecule has 4 rings (SSSR count). The van der Waals surface area contributed by atoms with Crippen molar-refractivity contribution >= 4 is 23.2 Å². The Morgan fingerprint density at radius 3 is 2.66 bits per heavy atom. The number of ether oxygens (including phenoxy) is 2. The Bertz CT molecular complexity index is 1160. The SMILES string of the molecule is CCCN(CC(=O)N1CCc2sccc2[C@H]1COc1cccc(OC)c1)C(=O)c1ccc(F)cc1. The number of rotatable bonds is 9. The third-order valence-corrected chi connectivity index (χ3v) is 7.06. The van der Waals surface area contributed by atoms with Gasteiger partial charge in [-0.1, -0.05) is 13.0 Å². The Kier molecular flexibility index (Phi) is 8.02. The molecule has 0 unspecified atom stereocenters. The predicted octanol–water partition coefficient (Wildman–Crippen LogP) is 4.95. The largest absolute Gasteiger partial charge is 0.497 e. The molecule has 0 fully saturated rings. The first-order valence-corrected chi connectivity index (χ1v) is 12.6. The van der Waals surface area contributed by atoms with E-state index in [0.717, 1.165) is 12.0 Å². The summed E-state index contributed by atoms with van der Waals surface area (Å²) in [5.74, 6) is 0.545. The van der Waals surface area contributed by atoms with Crippen LogP contribution in [0.5, 0.6) is 11.5 Å². The molecule has 0 N–H and O–H groups in total. The number of nitrogens with zero attached hydrogens (tertiary/aromatic N) is 2. The summed E-state index contributed by atoms with van der Waals surface area (Å²) >= 11 is 1.69. The van der Waals surface area contributed by atoms with Gasteiger partial charge in [0.2, 0.25) is 5.91 Å². The lowest BCUT2D eigenvalue weighted by molar-refractivity contribution is -0.135. The molecule has 0 radical (unpaired) electrons. The number of fused-ring (bicyclic) bond motifs is 1. The van der Waals surface area contributed by atoms with E-state index >= 15 is 0 Å². The van der Waals surface area contributed by atoms with Crippen molar-refractivity contribution in [2.45, 2.75) is 25.8 Å². The molecular weight excluding hydrogens is 467 g/mol. The molecule has 8 heteroatoms. The van der Waals surface area contributed by atoms with E-state index in [4.69, 9.17) is 9.47 Å². The molecule has 184 valence electrons. The highest BCUT2D eigenvalue weighted by molar-refractivity contribution is 7.10. The smallest absolute Gasteiger partial charge is 0.254 e. The predicted molar refractivity (Wildman–Crippen MR) is 134 cm³/mol. The summed E-state index contributed by atoms with van der Waals surface area (Å²) in [5.41, 5.74) is 1.45. The normalized spacial score (nSPS) is 14.8. The van der Waals surface area contributed by atoms with Gasteiger partial charge in [-0.15, -0.1) is 11.3 Å². The second kappa shape index (κ2) is 11.4. The molecule has 0 aliphatic carbocycles. The van der Waals surface area contributed by atoms with Gasteiger partial charge in [-0.05, 0) is 66.2 Å². The molecule has 1 aliphatic heterocycles. The first-order valence-electron chi connectivity index (χ1n) is 11.7. The third-order valence-electron chi connectivity index (χ3n) is 6.06. The Morgan fingerprint density at radius 1 is 1.14 bits per heavy atom. The van der Waals surface area contributed by atoms with Crippen molar-refractivity contribution in [2.24, 2.45) is 0 Å².